The molecule has 0 aromatic carbocycles. The van der Waals surface area contributed by atoms with Crippen molar-refractivity contribution in [3.05, 3.63) is 0 Å². The van der Waals surface area contributed by atoms with E-state index < -0.39 is 0 Å². The molecule has 4 bridgehead atoms. The minimum atomic E-state index is 0.303. The van der Waals surface area contributed by atoms with Gasteiger partial charge in [0.05, 0.1) is 6.61 Å². The van der Waals surface area contributed by atoms with Gasteiger partial charge in [0, 0.05) is 6.54 Å². The van der Waals surface area contributed by atoms with Gasteiger partial charge in [0.2, 0.25) is 0 Å². The smallest absolute Gasteiger partial charge is 0.0558 e. The van der Waals surface area contributed by atoms with Crippen LogP contribution in [-0.4, -0.2) is 36.8 Å². The molecule has 0 aromatic heterocycles. The summed E-state index contributed by atoms with van der Waals surface area (Å²) in [5, 5.41) is 8.96. The Kier molecular flexibility index (Phi) is 3.20. The number of aliphatic hydroxyl groups excluding tert-OH is 1. The zero-order valence-electron chi connectivity index (χ0n) is 11.2. The number of nitrogens with zero attached hydrogens (tertiary/aromatic N) is 1. The first-order chi connectivity index (χ1) is 8.19. The van der Waals surface area contributed by atoms with E-state index >= 15 is 0 Å². The first-order valence-corrected chi connectivity index (χ1v) is 7.48. The van der Waals surface area contributed by atoms with Crippen LogP contribution in [0.2, 0.25) is 0 Å². The average molecular weight is 237 g/mol. The third kappa shape index (κ3) is 2.39. The van der Waals surface area contributed by atoms with Crippen LogP contribution in [0.4, 0.5) is 0 Å². The maximum atomic E-state index is 8.96. The largest absolute Gasteiger partial charge is 0.395 e. The van der Waals surface area contributed by atoms with E-state index in [-0.39, 0.29) is 0 Å². The topological polar surface area (TPSA) is 23.5 Å². The van der Waals surface area contributed by atoms with Crippen LogP contribution >= 0.6 is 0 Å². The molecular formula is C15H27NO. The van der Waals surface area contributed by atoms with E-state index in [1.54, 1.807) is 19.3 Å². The molecule has 98 valence electrons. The molecule has 2 heteroatoms. The van der Waals surface area contributed by atoms with E-state index in [1.807, 2.05) is 0 Å². The predicted octanol–water partition coefficient (Wildman–Crippen LogP) is 2.52. The fourth-order valence-corrected chi connectivity index (χ4v) is 5.31. The van der Waals surface area contributed by atoms with Gasteiger partial charge in [0.25, 0.3) is 0 Å². The van der Waals surface area contributed by atoms with E-state index in [0.717, 1.165) is 24.3 Å². The minimum Gasteiger partial charge on any atom is -0.395 e. The summed E-state index contributed by atoms with van der Waals surface area (Å²) in [6, 6.07) is 0. The number of rotatable bonds is 5. The molecule has 4 rings (SSSR count). The van der Waals surface area contributed by atoms with Gasteiger partial charge in [-0.1, -0.05) is 0 Å². The van der Waals surface area contributed by atoms with Crippen molar-refractivity contribution in [2.24, 2.45) is 23.2 Å². The highest BCUT2D eigenvalue weighted by Gasteiger charge is 2.50. The molecule has 0 aromatic rings. The molecule has 4 fully saturated rings. The van der Waals surface area contributed by atoms with Crippen molar-refractivity contribution >= 4 is 0 Å². The third-order valence-electron chi connectivity index (χ3n) is 5.67. The normalized spacial score (nSPS) is 43.6. The van der Waals surface area contributed by atoms with Crippen molar-refractivity contribution in [3.63, 3.8) is 0 Å². The third-order valence-corrected chi connectivity index (χ3v) is 5.67. The van der Waals surface area contributed by atoms with Gasteiger partial charge in [0.15, 0.2) is 0 Å². The lowest BCUT2D eigenvalue weighted by atomic mass is 9.49. The molecule has 0 aliphatic heterocycles. The highest BCUT2D eigenvalue weighted by Crippen LogP contribution is 2.61. The van der Waals surface area contributed by atoms with Gasteiger partial charge in [-0.2, -0.15) is 0 Å². The van der Waals surface area contributed by atoms with Gasteiger partial charge in [-0.3, -0.25) is 0 Å². The van der Waals surface area contributed by atoms with E-state index in [4.69, 9.17) is 5.11 Å². The van der Waals surface area contributed by atoms with Gasteiger partial charge in [0.1, 0.15) is 0 Å². The molecule has 2 nitrogen and oxygen atoms in total. The lowest BCUT2D eigenvalue weighted by molar-refractivity contribution is -0.0605. The zero-order valence-corrected chi connectivity index (χ0v) is 11.2. The zero-order chi connectivity index (χ0) is 11.9. The average Bonchev–Trinajstić information content (AvgIpc) is 2.25. The Morgan fingerprint density at radius 1 is 1.00 bits per heavy atom. The summed E-state index contributed by atoms with van der Waals surface area (Å²) in [5.41, 5.74) is 0.707. The van der Waals surface area contributed by atoms with Crippen molar-refractivity contribution in [1.82, 2.24) is 4.90 Å². The Bertz CT molecular complexity index is 241. The van der Waals surface area contributed by atoms with E-state index in [0.29, 0.717) is 12.0 Å². The SMILES string of the molecule is CN(CCO)CCC12CC3CC(CC(C3)C1)C2. The summed E-state index contributed by atoms with van der Waals surface area (Å²) < 4.78 is 0. The standard InChI is InChI=1S/C15H27NO/c1-16(4-5-17)3-2-15-9-12-6-13(10-15)8-14(7-12)11-15/h12-14,17H,2-11H2,1H3. The molecule has 0 atom stereocenters. The Morgan fingerprint density at radius 3 is 2.00 bits per heavy atom. The summed E-state index contributed by atoms with van der Waals surface area (Å²) in [6.07, 6.45) is 10.6. The second kappa shape index (κ2) is 4.55. The first-order valence-electron chi connectivity index (χ1n) is 7.48. The molecule has 0 spiro atoms. The second-order valence-electron chi connectivity index (χ2n) is 7.19. The Hall–Kier alpha value is -0.0800. The molecule has 0 radical (unpaired) electrons. The van der Waals surface area contributed by atoms with Crippen LogP contribution in [0.25, 0.3) is 0 Å². The highest BCUT2D eigenvalue weighted by molar-refractivity contribution is 5.01. The Labute approximate surface area is 105 Å². The van der Waals surface area contributed by atoms with Crippen LogP contribution in [-0.2, 0) is 0 Å². The molecule has 0 unspecified atom stereocenters. The van der Waals surface area contributed by atoms with E-state index in [9.17, 15) is 0 Å². The molecule has 17 heavy (non-hydrogen) atoms. The van der Waals surface area contributed by atoms with Gasteiger partial charge in [-0.15, -0.1) is 0 Å². The molecular weight excluding hydrogens is 210 g/mol. The minimum absolute atomic E-state index is 0.303. The lowest BCUT2D eigenvalue weighted by Crippen LogP contribution is -2.47. The maximum absolute atomic E-state index is 8.96. The van der Waals surface area contributed by atoms with Crippen LogP contribution < -0.4 is 0 Å². The molecule has 4 aliphatic rings. The van der Waals surface area contributed by atoms with Gasteiger partial charge < -0.3 is 10.0 Å². The molecule has 1 N–H and O–H groups in total. The van der Waals surface area contributed by atoms with Gasteiger partial charge in [-0.25, -0.2) is 0 Å². The van der Waals surface area contributed by atoms with Crippen molar-refractivity contribution in [2.45, 2.75) is 44.9 Å². The van der Waals surface area contributed by atoms with Crippen LogP contribution in [0.1, 0.15) is 44.9 Å². The molecule has 0 amide bonds. The Balaban J connectivity index is 1.58. The van der Waals surface area contributed by atoms with Gasteiger partial charge in [-0.05, 0) is 81.7 Å². The van der Waals surface area contributed by atoms with Crippen molar-refractivity contribution in [2.75, 3.05) is 26.7 Å². The van der Waals surface area contributed by atoms with Gasteiger partial charge >= 0.3 is 0 Å². The lowest BCUT2D eigenvalue weighted by Gasteiger charge is -2.57. The fraction of sp³-hybridized carbons (Fsp3) is 1.00. The van der Waals surface area contributed by atoms with Crippen LogP contribution in [0, 0.1) is 23.2 Å². The predicted molar refractivity (Wildman–Crippen MR) is 69.8 cm³/mol. The Morgan fingerprint density at radius 2 is 1.53 bits per heavy atom. The summed E-state index contributed by atoms with van der Waals surface area (Å²) in [7, 11) is 2.15. The first kappa shape index (κ1) is 12.0. The molecule has 0 saturated heterocycles. The second-order valence-corrected chi connectivity index (χ2v) is 7.19. The number of hydrogen-bond acceptors (Lipinski definition) is 2. The van der Waals surface area contributed by atoms with Crippen LogP contribution in [0.3, 0.4) is 0 Å². The van der Waals surface area contributed by atoms with Crippen molar-refractivity contribution < 1.29 is 5.11 Å². The van der Waals surface area contributed by atoms with Crippen LogP contribution in [0.5, 0.6) is 0 Å². The van der Waals surface area contributed by atoms with E-state index in [1.165, 1.54) is 32.2 Å². The molecule has 4 saturated carbocycles. The summed E-state index contributed by atoms with van der Waals surface area (Å²) in [5.74, 6) is 3.22. The summed E-state index contributed by atoms with van der Waals surface area (Å²) >= 11 is 0. The van der Waals surface area contributed by atoms with Crippen LogP contribution in [0.15, 0.2) is 0 Å². The number of hydrogen-bond donors (Lipinski definition) is 1. The number of likely N-dealkylation sites (N-methyl/N-ethyl adjacent to an activating group) is 1. The van der Waals surface area contributed by atoms with E-state index in [2.05, 4.69) is 11.9 Å². The monoisotopic (exact) mass is 237 g/mol. The quantitative estimate of drug-likeness (QED) is 0.794. The van der Waals surface area contributed by atoms with Crippen molar-refractivity contribution in [3.8, 4) is 0 Å². The summed E-state index contributed by atoms with van der Waals surface area (Å²) in [6.45, 7) is 2.33. The summed E-state index contributed by atoms with van der Waals surface area (Å²) in [4.78, 5) is 2.30. The maximum Gasteiger partial charge on any atom is 0.0558 e. The highest BCUT2D eigenvalue weighted by atomic mass is 16.3. The number of aliphatic hydroxyl groups is 1. The molecule has 0 heterocycles. The molecule has 4 aliphatic carbocycles. The fourth-order valence-electron chi connectivity index (χ4n) is 5.31. The van der Waals surface area contributed by atoms with Crippen molar-refractivity contribution in [1.29, 1.82) is 0 Å².